The number of hydrogen-bond donors (Lipinski definition) is 2. The third-order valence-corrected chi connectivity index (χ3v) is 7.96. The lowest BCUT2D eigenvalue weighted by Gasteiger charge is -2.17. The van der Waals surface area contributed by atoms with Gasteiger partial charge in [-0.25, -0.2) is 8.42 Å². The number of amides is 1. The molecule has 1 saturated heterocycles. The van der Waals surface area contributed by atoms with Gasteiger partial charge in [-0.2, -0.15) is 0 Å². The number of rotatable bonds is 7. The van der Waals surface area contributed by atoms with Gasteiger partial charge in [0.05, 0.1) is 10.6 Å². The molecule has 0 bridgehead atoms. The summed E-state index contributed by atoms with van der Waals surface area (Å²) in [6, 6.07) is 18.5. The van der Waals surface area contributed by atoms with Gasteiger partial charge in [0, 0.05) is 30.9 Å². The molecule has 1 aliphatic rings. The Morgan fingerprint density at radius 1 is 0.912 bits per heavy atom. The van der Waals surface area contributed by atoms with Crippen molar-refractivity contribution in [2.75, 3.05) is 22.7 Å². The Labute approximate surface area is 202 Å². The Hall–Kier alpha value is -3.32. The number of sulfonamides is 1. The van der Waals surface area contributed by atoms with Crippen molar-refractivity contribution in [1.82, 2.24) is 5.32 Å². The second-order valence-corrected chi connectivity index (χ2v) is 10.5. The lowest BCUT2D eigenvalue weighted by Crippen LogP contribution is -2.24. The van der Waals surface area contributed by atoms with Crippen LogP contribution in [0.25, 0.3) is 0 Å². The number of nitrogens with zero attached hydrogens (tertiary/aromatic N) is 1. The Kier molecular flexibility index (Phi) is 6.93. The zero-order valence-electron chi connectivity index (χ0n) is 19.9. The first-order valence-corrected chi connectivity index (χ1v) is 13.0. The molecular weight excluding hydrogens is 446 g/mol. The van der Waals surface area contributed by atoms with Crippen LogP contribution >= 0.6 is 0 Å². The molecule has 1 amide bonds. The van der Waals surface area contributed by atoms with Crippen molar-refractivity contribution in [2.24, 2.45) is 0 Å². The third kappa shape index (κ3) is 5.25. The van der Waals surface area contributed by atoms with Crippen molar-refractivity contribution in [3.05, 3.63) is 88.5 Å². The lowest BCUT2D eigenvalue weighted by atomic mass is 10.1. The Balaban J connectivity index is 1.46. The fourth-order valence-electron chi connectivity index (χ4n) is 4.18. The van der Waals surface area contributed by atoms with E-state index < -0.39 is 10.0 Å². The van der Waals surface area contributed by atoms with Crippen LogP contribution in [-0.2, 0) is 16.6 Å². The average molecular weight is 478 g/mol. The van der Waals surface area contributed by atoms with Gasteiger partial charge in [0.1, 0.15) is 0 Å². The van der Waals surface area contributed by atoms with Gasteiger partial charge in [0.2, 0.25) is 0 Å². The molecular formula is C27H31N3O3S. The summed E-state index contributed by atoms with van der Waals surface area (Å²) in [6.07, 6.45) is 2.46. The standard InChI is InChI=1S/C27H31N3O3S/c1-19-7-6-8-25(21(19)3)29-34(32,33)26-17-23(12-9-20(26)2)27(31)28-18-22-10-13-24(14-11-22)30-15-4-5-16-30/h6-14,17,29H,4-5,15-16,18H2,1-3H3,(H,28,31). The first-order chi connectivity index (χ1) is 16.2. The molecule has 2 N–H and O–H groups in total. The highest BCUT2D eigenvalue weighted by Gasteiger charge is 2.20. The molecule has 7 heteroatoms. The minimum Gasteiger partial charge on any atom is -0.372 e. The number of aryl methyl sites for hydroxylation is 2. The lowest BCUT2D eigenvalue weighted by molar-refractivity contribution is 0.0950. The molecule has 1 heterocycles. The van der Waals surface area contributed by atoms with E-state index in [9.17, 15) is 13.2 Å². The minimum atomic E-state index is -3.85. The van der Waals surface area contributed by atoms with Crippen LogP contribution in [0.2, 0.25) is 0 Å². The minimum absolute atomic E-state index is 0.0935. The molecule has 1 fully saturated rings. The molecule has 0 aromatic heterocycles. The quantitative estimate of drug-likeness (QED) is 0.505. The summed E-state index contributed by atoms with van der Waals surface area (Å²) < 4.78 is 28.9. The van der Waals surface area contributed by atoms with E-state index >= 15 is 0 Å². The summed E-state index contributed by atoms with van der Waals surface area (Å²) in [7, 11) is -3.85. The van der Waals surface area contributed by atoms with Crippen LogP contribution in [0.3, 0.4) is 0 Å². The van der Waals surface area contributed by atoms with Crippen LogP contribution < -0.4 is 14.9 Å². The molecule has 1 aliphatic heterocycles. The van der Waals surface area contributed by atoms with Crippen molar-refractivity contribution in [2.45, 2.75) is 45.1 Å². The highest BCUT2D eigenvalue weighted by atomic mass is 32.2. The van der Waals surface area contributed by atoms with Crippen LogP contribution in [0.5, 0.6) is 0 Å². The Bertz CT molecular complexity index is 1300. The molecule has 34 heavy (non-hydrogen) atoms. The molecule has 3 aromatic carbocycles. The fraction of sp³-hybridized carbons (Fsp3) is 0.296. The Morgan fingerprint density at radius 2 is 1.62 bits per heavy atom. The van der Waals surface area contributed by atoms with Gasteiger partial charge in [0.15, 0.2) is 0 Å². The number of benzene rings is 3. The summed E-state index contributed by atoms with van der Waals surface area (Å²) >= 11 is 0. The second-order valence-electron chi connectivity index (χ2n) is 8.88. The van der Waals surface area contributed by atoms with E-state index in [0.29, 0.717) is 23.4 Å². The predicted octanol–water partition coefficient (Wildman–Crippen LogP) is 4.94. The molecule has 0 radical (unpaired) electrons. The maximum Gasteiger partial charge on any atom is 0.262 e. The maximum absolute atomic E-state index is 13.1. The van der Waals surface area contributed by atoms with Gasteiger partial charge in [-0.15, -0.1) is 0 Å². The molecule has 0 spiro atoms. The average Bonchev–Trinajstić information content (AvgIpc) is 3.36. The molecule has 178 valence electrons. The van der Waals surface area contributed by atoms with E-state index in [4.69, 9.17) is 0 Å². The van der Waals surface area contributed by atoms with Gasteiger partial charge < -0.3 is 10.2 Å². The fourth-order valence-corrected chi connectivity index (χ4v) is 5.57. The Morgan fingerprint density at radius 3 is 2.32 bits per heavy atom. The van der Waals surface area contributed by atoms with Crippen LogP contribution in [0, 0.1) is 20.8 Å². The van der Waals surface area contributed by atoms with Crippen molar-refractivity contribution in [1.29, 1.82) is 0 Å². The summed E-state index contributed by atoms with van der Waals surface area (Å²) in [5.74, 6) is -0.313. The molecule has 0 saturated carbocycles. The number of carbonyl (C=O) groups excluding carboxylic acids is 1. The summed E-state index contributed by atoms with van der Waals surface area (Å²) in [6.45, 7) is 8.09. The zero-order chi connectivity index (χ0) is 24.3. The molecule has 3 aromatic rings. The van der Waals surface area contributed by atoms with E-state index in [-0.39, 0.29) is 10.8 Å². The highest BCUT2D eigenvalue weighted by molar-refractivity contribution is 7.92. The van der Waals surface area contributed by atoms with Crippen molar-refractivity contribution < 1.29 is 13.2 Å². The number of anilines is 2. The molecule has 0 unspecified atom stereocenters. The largest absolute Gasteiger partial charge is 0.372 e. The van der Waals surface area contributed by atoms with Gasteiger partial charge in [-0.1, -0.05) is 30.3 Å². The molecule has 0 aliphatic carbocycles. The molecule has 6 nitrogen and oxygen atoms in total. The van der Waals surface area contributed by atoms with E-state index in [1.807, 2.05) is 38.1 Å². The van der Waals surface area contributed by atoms with Crippen molar-refractivity contribution >= 4 is 27.3 Å². The summed E-state index contributed by atoms with van der Waals surface area (Å²) in [5.41, 5.74) is 5.48. The topological polar surface area (TPSA) is 78.5 Å². The van der Waals surface area contributed by atoms with Crippen LogP contribution in [0.1, 0.15) is 45.5 Å². The SMILES string of the molecule is Cc1ccc(C(=O)NCc2ccc(N3CCCC3)cc2)cc1S(=O)(=O)Nc1cccc(C)c1C. The first-order valence-electron chi connectivity index (χ1n) is 11.6. The summed E-state index contributed by atoms with van der Waals surface area (Å²) in [4.78, 5) is 15.3. The third-order valence-electron chi connectivity index (χ3n) is 6.45. The molecule has 4 rings (SSSR count). The van der Waals surface area contributed by atoms with E-state index in [1.165, 1.54) is 24.6 Å². The van der Waals surface area contributed by atoms with Crippen LogP contribution in [0.4, 0.5) is 11.4 Å². The number of carbonyl (C=O) groups is 1. The smallest absolute Gasteiger partial charge is 0.262 e. The van der Waals surface area contributed by atoms with Crippen molar-refractivity contribution in [3.63, 3.8) is 0 Å². The van der Waals surface area contributed by atoms with E-state index in [2.05, 4.69) is 27.1 Å². The van der Waals surface area contributed by atoms with E-state index in [1.54, 1.807) is 25.1 Å². The normalized spacial score (nSPS) is 13.7. The highest BCUT2D eigenvalue weighted by Crippen LogP contribution is 2.25. The van der Waals surface area contributed by atoms with Crippen molar-refractivity contribution in [3.8, 4) is 0 Å². The number of hydrogen-bond acceptors (Lipinski definition) is 4. The van der Waals surface area contributed by atoms with Gasteiger partial charge >= 0.3 is 0 Å². The zero-order valence-corrected chi connectivity index (χ0v) is 20.7. The summed E-state index contributed by atoms with van der Waals surface area (Å²) in [5, 5.41) is 2.90. The molecule has 0 atom stereocenters. The first kappa shape index (κ1) is 23.8. The van der Waals surface area contributed by atoms with Crippen LogP contribution in [-0.4, -0.2) is 27.4 Å². The number of nitrogens with one attached hydrogen (secondary N) is 2. The predicted molar refractivity (Wildman–Crippen MR) is 137 cm³/mol. The van der Waals surface area contributed by atoms with Gasteiger partial charge in [-0.05, 0) is 86.2 Å². The van der Waals surface area contributed by atoms with E-state index in [0.717, 1.165) is 29.8 Å². The maximum atomic E-state index is 13.1. The van der Waals surface area contributed by atoms with Gasteiger partial charge in [-0.3, -0.25) is 9.52 Å². The van der Waals surface area contributed by atoms with Crippen LogP contribution in [0.15, 0.2) is 65.6 Å². The second kappa shape index (κ2) is 9.89. The monoisotopic (exact) mass is 477 g/mol. The van der Waals surface area contributed by atoms with Gasteiger partial charge in [0.25, 0.3) is 15.9 Å².